The molecular weight excluding hydrogens is 612 g/mol. The van der Waals surface area contributed by atoms with E-state index >= 15 is 0 Å². The van der Waals surface area contributed by atoms with E-state index in [1.807, 2.05) is 42.5 Å². The van der Waals surface area contributed by atoms with E-state index < -0.39 is 17.9 Å². The van der Waals surface area contributed by atoms with Crippen molar-refractivity contribution in [3.8, 4) is 5.75 Å². The molecule has 4 saturated heterocycles. The summed E-state index contributed by atoms with van der Waals surface area (Å²) in [5.41, 5.74) is 2.22. The second kappa shape index (κ2) is 14.8. The Morgan fingerprint density at radius 2 is 1.54 bits per heavy atom. The second-order valence-corrected chi connectivity index (χ2v) is 12.9. The van der Waals surface area contributed by atoms with Crippen LogP contribution in [0.1, 0.15) is 44.7 Å². The normalized spacial score (nSPS) is 20.9. The summed E-state index contributed by atoms with van der Waals surface area (Å²) in [6.07, 6.45) is 1.11. The van der Waals surface area contributed by atoms with Crippen molar-refractivity contribution in [2.24, 2.45) is 5.92 Å². The Labute approximate surface area is 281 Å². The lowest BCUT2D eigenvalue weighted by atomic mass is 9.82. The van der Waals surface area contributed by atoms with Gasteiger partial charge in [-0.1, -0.05) is 42.5 Å². The summed E-state index contributed by atoms with van der Waals surface area (Å²) in [6.45, 7) is 4.25. The lowest BCUT2D eigenvalue weighted by Crippen LogP contribution is -2.69. The van der Waals surface area contributed by atoms with Crippen LogP contribution in [-0.4, -0.2) is 106 Å². The largest absolute Gasteiger partial charge is 0.489 e. The van der Waals surface area contributed by atoms with Gasteiger partial charge >= 0.3 is 6.09 Å². The molecule has 1 atom stereocenters. The fourth-order valence-corrected chi connectivity index (χ4v) is 6.81. The van der Waals surface area contributed by atoms with Crippen LogP contribution in [0.3, 0.4) is 0 Å². The van der Waals surface area contributed by atoms with Crippen LogP contribution in [0.4, 0.5) is 4.79 Å². The average Bonchev–Trinajstić information content (AvgIpc) is 3.11. The number of carbonyl (C=O) groups excluding carboxylic acids is 3. The molecule has 4 aliphatic rings. The third-order valence-electron chi connectivity index (χ3n) is 9.73. The molecule has 254 valence electrons. The van der Waals surface area contributed by atoms with Gasteiger partial charge in [-0.15, -0.1) is 0 Å². The highest BCUT2D eigenvalue weighted by molar-refractivity contribution is 5.95. The second-order valence-electron chi connectivity index (χ2n) is 12.9. The maximum absolute atomic E-state index is 13.4. The molecule has 11 nitrogen and oxygen atoms in total. The first-order valence-electron chi connectivity index (χ1n) is 16.5. The van der Waals surface area contributed by atoms with E-state index in [-0.39, 0.29) is 17.9 Å². The van der Waals surface area contributed by atoms with E-state index in [9.17, 15) is 14.4 Å². The molecule has 0 unspecified atom stereocenters. The van der Waals surface area contributed by atoms with Crippen molar-refractivity contribution < 1.29 is 33.3 Å². The zero-order valence-electron chi connectivity index (χ0n) is 27.8. The van der Waals surface area contributed by atoms with Crippen molar-refractivity contribution in [3.63, 3.8) is 0 Å². The van der Waals surface area contributed by atoms with E-state index in [0.29, 0.717) is 49.0 Å². The predicted octanol–water partition coefficient (Wildman–Crippen LogP) is 4.13. The number of carbonyl (C=O) groups is 3. The molecule has 2 bridgehead atoms. The number of amides is 3. The molecule has 4 fully saturated rings. The molecule has 4 heterocycles. The number of alkyl carbamates (subject to hydrolysis) is 1. The molecule has 7 rings (SSSR count). The van der Waals surface area contributed by atoms with Gasteiger partial charge in [-0.05, 0) is 79.4 Å². The zero-order chi connectivity index (χ0) is 33.7. The smallest absolute Gasteiger partial charge is 0.408 e. The van der Waals surface area contributed by atoms with Crippen molar-refractivity contribution in [2.75, 3.05) is 60.5 Å². The molecule has 0 radical (unpaired) electrons. The molecule has 3 aromatic carbocycles. The number of likely N-dealkylation sites (N-methyl/N-ethyl adjacent to an activating group) is 1. The summed E-state index contributed by atoms with van der Waals surface area (Å²) in [4.78, 5) is 45.0. The third-order valence-corrected chi connectivity index (χ3v) is 9.73. The Morgan fingerprint density at radius 1 is 0.896 bits per heavy atom. The van der Waals surface area contributed by atoms with Gasteiger partial charge in [0.05, 0.1) is 19.6 Å². The quantitative estimate of drug-likeness (QED) is 0.290. The van der Waals surface area contributed by atoms with E-state index in [1.54, 1.807) is 53.2 Å². The highest BCUT2D eigenvalue weighted by atomic mass is 16.7. The zero-order valence-corrected chi connectivity index (χ0v) is 27.8. The molecule has 3 amide bonds. The lowest BCUT2D eigenvalue weighted by molar-refractivity contribution is -0.110. The summed E-state index contributed by atoms with van der Waals surface area (Å²) in [5.74, 6) is 0.786. The summed E-state index contributed by atoms with van der Waals surface area (Å²) in [5, 5.41) is 3.13. The van der Waals surface area contributed by atoms with E-state index in [1.165, 1.54) is 14.2 Å². The van der Waals surface area contributed by atoms with Gasteiger partial charge < -0.3 is 34.1 Å². The van der Waals surface area contributed by atoms with E-state index in [2.05, 4.69) is 10.2 Å². The van der Waals surface area contributed by atoms with Crippen molar-refractivity contribution in [1.82, 2.24) is 20.0 Å². The van der Waals surface area contributed by atoms with Crippen LogP contribution in [-0.2, 0) is 26.4 Å². The van der Waals surface area contributed by atoms with Crippen molar-refractivity contribution in [3.05, 3.63) is 101 Å². The number of nitrogens with one attached hydrogen (secondary N) is 1. The lowest BCUT2D eigenvalue weighted by Gasteiger charge is -2.51. The van der Waals surface area contributed by atoms with E-state index in [4.69, 9.17) is 18.9 Å². The summed E-state index contributed by atoms with van der Waals surface area (Å²) < 4.78 is 22.3. The molecular formula is C37H44N4O7. The maximum atomic E-state index is 13.4. The first kappa shape index (κ1) is 33.5. The number of hydrogen-bond acceptors (Lipinski definition) is 8. The fourth-order valence-electron chi connectivity index (χ4n) is 6.81. The van der Waals surface area contributed by atoms with Crippen LogP contribution >= 0.6 is 0 Å². The van der Waals surface area contributed by atoms with Crippen LogP contribution in [0.5, 0.6) is 5.75 Å². The van der Waals surface area contributed by atoms with Gasteiger partial charge in [0.1, 0.15) is 24.0 Å². The van der Waals surface area contributed by atoms with Crippen LogP contribution in [0, 0.1) is 5.92 Å². The Bertz CT molecular complexity index is 1550. The molecule has 48 heavy (non-hydrogen) atoms. The number of rotatable bonds is 12. The number of nitrogens with zero attached hydrogens (tertiary/aromatic N) is 3. The Morgan fingerprint density at radius 3 is 2.15 bits per heavy atom. The highest BCUT2D eigenvalue weighted by Gasteiger charge is 2.49. The Hall–Kier alpha value is -4.45. The third kappa shape index (κ3) is 7.48. The Balaban J connectivity index is 1.01. The molecule has 0 spiro atoms. The highest BCUT2D eigenvalue weighted by Crippen LogP contribution is 2.35. The van der Waals surface area contributed by atoms with Crippen LogP contribution in [0.25, 0.3) is 0 Å². The average molecular weight is 657 g/mol. The number of likely N-dealkylation sites (tertiary alicyclic amines) is 1. The number of benzene rings is 3. The minimum Gasteiger partial charge on any atom is -0.489 e. The number of piperidine rings is 3. The first-order valence-corrected chi connectivity index (χ1v) is 16.5. The molecule has 0 aliphatic carbocycles. The molecule has 11 heteroatoms. The van der Waals surface area contributed by atoms with Crippen molar-refractivity contribution in [2.45, 2.75) is 37.4 Å². The van der Waals surface area contributed by atoms with Crippen molar-refractivity contribution >= 4 is 17.9 Å². The fraction of sp³-hybridized carbons (Fsp3) is 0.432. The van der Waals surface area contributed by atoms with Crippen LogP contribution in [0.2, 0.25) is 0 Å². The van der Waals surface area contributed by atoms with Crippen molar-refractivity contribution in [1.29, 1.82) is 0 Å². The molecule has 1 N–H and O–H groups in total. The van der Waals surface area contributed by atoms with Crippen LogP contribution in [0.15, 0.2) is 78.9 Å². The number of ether oxygens (including phenoxy) is 4. The van der Waals surface area contributed by atoms with Gasteiger partial charge in [0, 0.05) is 38.9 Å². The van der Waals surface area contributed by atoms with Crippen LogP contribution < -0.4 is 10.1 Å². The SMILES string of the molecule is COC(CN(C)C(=O)c1ccc(COc2ccc(C(=O)N3CC(NC(=O)O[C@H]4CN5CCC4CC5)(c4ccccc4)C3)cc2)cc1)OC. The standard InChI is InChI=1S/C37H44N4O7/c1-39(22-33(45-2)46-3)34(42)28-11-9-26(10-12-28)23-47-31-15-13-29(14-16-31)35(43)41-24-37(25-41,30-7-5-4-6-8-30)38-36(44)48-32-21-40-19-17-27(32)18-20-40/h4-16,27,32-33H,17-25H2,1-3H3,(H,38,44)/t32-/m0/s1. The van der Waals surface area contributed by atoms with Gasteiger partial charge in [-0.3, -0.25) is 14.5 Å². The van der Waals surface area contributed by atoms with Gasteiger partial charge in [-0.25, -0.2) is 4.79 Å². The summed E-state index contributed by atoms with van der Waals surface area (Å²) >= 11 is 0. The molecule has 4 aliphatic heterocycles. The van der Waals surface area contributed by atoms with Gasteiger partial charge in [-0.2, -0.15) is 0 Å². The van der Waals surface area contributed by atoms with Gasteiger partial charge in [0.15, 0.2) is 6.29 Å². The minimum atomic E-state index is -0.711. The minimum absolute atomic E-state index is 0.0922. The first-order chi connectivity index (χ1) is 23.3. The van der Waals surface area contributed by atoms with E-state index in [0.717, 1.165) is 43.6 Å². The number of fused-ring (bicyclic) bond motifs is 3. The molecule has 0 saturated carbocycles. The topological polar surface area (TPSA) is 110 Å². The van der Waals surface area contributed by atoms with Gasteiger partial charge in [0.25, 0.3) is 11.8 Å². The molecule has 0 aromatic heterocycles. The number of methoxy groups -OCH3 is 2. The van der Waals surface area contributed by atoms with Gasteiger partial charge in [0.2, 0.25) is 0 Å². The Kier molecular flexibility index (Phi) is 10.3. The summed E-state index contributed by atoms with van der Waals surface area (Å²) in [6, 6.07) is 24.1. The summed E-state index contributed by atoms with van der Waals surface area (Å²) in [7, 11) is 4.77. The number of hydrogen-bond donors (Lipinski definition) is 1. The predicted molar refractivity (Wildman–Crippen MR) is 179 cm³/mol. The molecule has 3 aromatic rings. The maximum Gasteiger partial charge on any atom is 0.408 e. The monoisotopic (exact) mass is 656 g/mol.